The van der Waals surface area contributed by atoms with Gasteiger partial charge in [-0.1, -0.05) is 30.3 Å². The lowest BCUT2D eigenvalue weighted by Gasteiger charge is -2.33. The highest BCUT2D eigenvalue weighted by Gasteiger charge is 2.27. The lowest BCUT2D eigenvalue weighted by atomic mass is 9.90. The standard InChI is InChI=1S/C17H19N3O2/c21-12-15-11-20(10-14-5-1-2-6-16(14)15)17(22)19-9-13-4-3-7-18-8-13/h1-8,15,21H,9-12H2,(H,19,22). The van der Waals surface area contributed by atoms with Crippen LogP contribution in [0.2, 0.25) is 0 Å². The number of rotatable bonds is 3. The average Bonchev–Trinajstić information content (AvgIpc) is 2.59. The monoisotopic (exact) mass is 297 g/mol. The smallest absolute Gasteiger partial charge is 0.317 e. The molecule has 5 nitrogen and oxygen atoms in total. The van der Waals surface area contributed by atoms with Crippen LogP contribution in [0.3, 0.4) is 0 Å². The zero-order valence-corrected chi connectivity index (χ0v) is 12.3. The second-order valence-electron chi connectivity index (χ2n) is 5.48. The molecule has 5 heteroatoms. The van der Waals surface area contributed by atoms with Gasteiger partial charge in [-0.05, 0) is 22.8 Å². The van der Waals surface area contributed by atoms with Crippen LogP contribution in [-0.2, 0) is 13.1 Å². The van der Waals surface area contributed by atoms with Gasteiger partial charge in [0.15, 0.2) is 0 Å². The van der Waals surface area contributed by atoms with Crippen molar-refractivity contribution < 1.29 is 9.90 Å². The van der Waals surface area contributed by atoms with Crippen LogP contribution in [0.5, 0.6) is 0 Å². The molecule has 1 unspecified atom stereocenters. The molecule has 0 fully saturated rings. The Morgan fingerprint density at radius 3 is 2.95 bits per heavy atom. The van der Waals surface area contributed by atoms with Gasteiger partial charge in [-0.15, -0.1) is 0 Å². The third kappa shape index (κ3) is 3.09. The van der Waals surface area contributed by atoms with Gasteiger partial charge in [0.1, 0.15) is 0 Å². The molecule has 22 heavy (non-hydrogen) atoms. The molecule has 1 atom stereocenters. The van der Waals surface area contributed by atoms with Crippen LogP contribution in [0.1, 0.15) is 22.6 Å². The Bertz CT molecular complexity index is 645. The van der Waals surface area contributed by atoms with Gasteiger partial charge in [-0.3, -0.25) is 4.98 Å². The molecule has 2 aromatic rings. The molecule has 3 rings (SSSR count). The molecule has 0 aliphatic carbocycles. The summed E-state index contributed by atoms with van der Waals surface area (Å²) >= 11 is 0. The van der Waals surface area contributed by atoms with Crippen molar-refractivity contribution in [3.05, 3.63) is 65.5 Å². The van der Waals surface area contributed by atoms with Gasteiger partial charge in [0, 0.05) is 37.9 Å². The zero-order valence-electron chi connectivity index (χ0n) is 12.3. The first kappa shape index (κ1) is 14.5. The Balaban J connectivity index is 1.67. The quantitative estimate of drug-likeness (QED) is 0.909. The number of benzene rings is 1. The molecular formula is C17H19N3O2. The minimum absolute atomic E-state index is 0.0194. The van der Waals surface area contributed by atoms with Gasteiger partial charge in [0.05, 0.1) is 6.61 Å². The molecule has 2 N–H and O–H groups in total. The third-order valence-corrected chi connectivity index (χ3v) is 3.97. The molecule has 0 saturated carbocycles. The molecule has 2 heterocycles. The van der Waals surface area contributed by atoms with E-state index in [2.05, 4.69) is 10.3 Å². The Morgan fingerprint density at radius 2 is 2.18 bits per heavy atom. The van der Waals surface area contributed by atoms with Crippen LogP contribution in [0.25, 0.3) is 0 Å². The highest BCUT2D eigenvalue weighted by atomic mass is 16.3. The first-order valence-corrected chi connectivity index (χ1v) is 7.38. The number of hydrogen-bond acceptors (Lipinski definition) is 3. The number of urea groups is 1. The zero-order chi connectivity index (χ0) is 15.4. The first-order valence-electron chi connectivity index (χ1n) is 7.38. The molecule has 1 aromatic heterocycles. The van der Waals surface area contributed by atoms with E-state index in [1.165, 1.54) is 0 Å². The van der Waals surface area contributed by atoms with Crippen molar-refractivity contribution in [2.45, 2.75) is 19.0 Å². The van der Waals surface area contributed by atoms with E-state index in [1.807, 2.05) is 36.4 Å². The van der Waals surface area contributed by atoms with Crippen LogP contribution in [0.15, 0.2) is 48.8 Å². The van der Waals surface area contributed by atoms with Crippen LogP contribution < -0.4 is 5.32 Å². The maximum absolute atomic E-state index is 12.4. The van der Waals surface area contributed by atoms with Crippen LogP contribution in [0.4, 0.5) is 4.79 Å². The third-order valence-electron chi connectivity index (χ3n) is 3.97. The number of hydrogen-bond donors (Lipinski definition) is 2. The summed E-state index contributed by atoms with van der Waals surface area (Å²) in [7, 11) is 0. The fraction of sp³-hybridized carbons (Fsp3) is 0.294. The second kappa shape index (κ2) is 6.58. The molecule has 2 amide bonds. The molecule has 0 bridgehead atoms. The van der Waals surface area contributed by atoms with Crippen LogP contribution in [-0.4, -0.2) is 34.2 Å². The van der Waals surface area contributed by atoms with Crippen molar-refractivity contribution in [2.24, 2.45) is 0 Å². The van der Waals surface area contributed by atoms with E-state index in [1.54, 1.807) is 17.3 Å². The maximum Gasteiger partial charge on any atom is 0.317 e. The summed E-state index contributed by atoms with van der Waals surface area (Å²) < 4.78 is 0. The summed E-state index contributed by atoms with van der Waals surface area (Å²) in [6.45, 7) is 1.61. The summed E-state index contributed by atoms with van der Waals surface area (Å²) in [4.78, 5) is 18.1. The van der Waals surface area contributed by atoms with E-state index in [-0.39, 0.29) is 18.6 Å². The number of aliphatic hydroxyl groups is 1. The Kier molecular flexibility index (Phi) is 4.34. The fourth-order valence-electron chi connectivity index (χ4n) is 2.81. The minimum atomic E-state index is -0.114. The summed E-state index contributed by atoms with van der Waals surface area (Å²) in [5.41, 5.74) is 3.21. The molecule has 0 radical (unpaired) electrons. The van der Waals surface area contributed by atoms with Crippen molar-refractivity contribution in [1.29, 1.82) is 0 Å². The fourth-order valence-corrected chi connectivity index (χ4v) is 2.81. The summed E-state index contributed by atoms with van der Waals surface area (Å²) in [6, 6.07) is 11.6. The number of nitrogens with zero attached hydrogens (tertiary/aromatic N) is 2. The van der Waals surface area contributed by atoms with E-state index in [0.29, 0.717) is 19.6 Å². The topological polar surface area (TPSA) is 65.5 Å². The van der Waals surface area contributed by atoms with Crippen molar-refractivity contribution in [2.75, 3.05) is 13.2 Å². The van der Waals surface area contributed by atoms with Gasteiger partial charge in [-0.25, -0.2) is 4.79 Å². The Hall–Kier alpha value is -2.40. The van der Waals surface area contributed by atoms with Gasteiger partial charge in [-0.2, -0.15) is 0 Å². The van der Waals surface area contributed by atoms with Crippen LogP contribution in [0, 0.1) is 0 Å². The number of fused-ring (bicyclic) bond motifs is 1. The highest BCUT2D eigenvalue weighted by molar-refractivity contribution is 5.74. The van der Waals surface area contributed by atoms with E-state index < -0.39 is 0 Å². The van der Waals surface area contributed by atoms with Gasteiger partial charge >= 0.3 is 6.03 Å². The average molecular weight is 297 g/mol. The summed E-state index contributed by atoms with van der Waals surface area (Å²) in [6.07, 6.45) is 3.45. The SMILES string of the molecule is O=C(NCc1cccnc1)N1Cc2ccccc2C(CO)C1. The molecular weight excluding hydrogens is 278 g/mol. The number of carbonyl (C=O) groups excluding carboxylic acids is 1. The summed E-state index contributed by atoms with van der Waals surface area (Å²) in [5, 5.41) is 12.5. The number of aliphatic hydroxyl groups excluding tert-OH is 1. The van der Waals surface area contributed by atoms with E-state index >= 15 is 0 Å². The number of aromatic nitrogens is 1. The first-order chi connectivity index (χ1) is 10.8. The van der Waals surface area contributed by atoms with Crippen molar-refractivity contribution in [1.82, 2.24) is 15.2 Å². The molecule has 114 valence electrons. The molecule has 0 spiro atoms. The molecule has 0 saturated heterocycles. The number of pyridine rings is 1. The van der Waals surface area contributed by atoms with Crippen molar-refractivity contribution in [3.8, 4) is 0 Å². The lowest BCUT2D eigenvalue weighted by molar-refractivity contribution is 0.169. The van der Waals surface area contributed by atoms with Crippen molar-refractivity contribution >= 4 is 6.03 Å². The number of nitrogens with one attached hydrogen (secondary N) is 1. The normalized spacial score (nSPS) is 17.0. The highest BCUT2D eigenvalue weighted by Crippen LogP contribution is 2.27. The molecule has 1 aliphatic heterocycles. The predicted octanol–water partition coefficient (Wildman–Crippen LogP) is 1.88. The number of carbonyl (C=O) groups is 1. The lowest BCUT2D eigenvalue weighted by Crippen LogP contribution is -2.44. The van der Waals surface area contributed by atoms with Gasteiger partial charge in [0.25, 0.3) is 0 Å². The minimum Gasteiger partial charge on any atom is -0.396 e. The van der Waals surface area contributed by atoms with E-state index in [9.17, 15) is 9.90 Å². The van der Waals surface area contributed by atoms with E-state index in [4.69, 9.17) is 0 Å². The van der Waals surface area contributed by atoms with Crippen LogP contribution >= 0.6 is 0 Å². The Labute approximate surface area is 129 Å². The molecule has 1 aliphatic rings. The van der Waals surface area contributed by atoms with E-state index in [0.717, 1.165) is 16.7 Å². The Morgan fingerprint density at radius 1 is 1.32 bits per heavy atom. The molecule has 1 aromatic carbocycles. The van der Waals surface area contributed by atoms with Gasteiger partial charge < -0.3 is 15.3 Å². The summed E-state index contributed by atoms with van der Waals surface area (Å²) in [5.74, 6) is -0.0194. The largest absolute Gasteiger partial charge is 0.396 e. The van der Waals surface area contributed by atoms with Crippen molar-refractivity contribution in [3.63, 3.8) is 0 Å². The predicted molar refractivity (Wildman–Crippen MR) is 83.2 cm³/mol. The second-order valence-corrected chi connectivity index (χ2v) is 5.48. The number of amides is 2. The maximum atomic E-state index is 12.4. The van der Waals surface area contributed by atoms with Gasteiger partial charge in [0.2, 0.25) is 0 Å².